The Labute approximate surface area is 74.4 Å². The molecule has 2 aromatic rings. The van der Waals surface area contributed by atoms with Crippen LogP contribution in [0.2, 0.25) is 0 Å². The lowest BCUT2D eigenvalue weighted by Crippen LogP contribution is -1.77. The SMILES string of the molecule is N#Cc1noc(-c2ccccc2)n1. The largest absolute Gasteiger partial charge is 0.333 e. The number of hydrogen-bond donors (Lipinski definition) is 0. The molecule has 62 valence electrons. The molecule has 0 aliphatic rings. The quantitative estimate of drug-likeness (QED) is 0.653. The predicted octanol–water partition coefficient (Wildman–Crippen LogP) is 1.61. The van der Waals surface area contributed by atoms with Gasteiger partial charge in [0, 0.05) is 5.56 Å². The summed E-state index contributed by atoms with van der Waals surface area (Å²) >= 11 is 0. The molecule has 0 radical (unpaired) electrons. The summed E-state index contributed by atoms with van der Waals surface area (Å²) in [5.41, 5.74) is 0.816. The maximum atomic E-state index is 8.46. The molecule has 0 saturated carbocycles. The van der Waals surface area contributed by atoms with Crippen molar-refractivity contribution >= 4 is 0 Å². The number of rotatable bonds is 1. The van der Waals surface area contributed by atoms with Gasteiger partial charge in [-0.25, -0.2) is 0 Å². The number of aromatic nitrogens is 2. The van der Waals surface area contributed by atoms with Gasteiger partial charge in [0.05, 0.1) is 0 Å². The molecule has 0 fully saturated rings. The first-order valence-corrected chi connectivity index (χ1v) is 3.69. The van der Waals surface area contributed by atoms with E-state index in [0.717, 1.165) is 5.56 Å². The molecule has 0 spiro atoms. The van der Waals surface area contributed by atoms with Crippen LogP contribution in [-0.4, -0.2) is 10.1 Å². The van der Waals surface area contributed by atoms with E-state index in [-0.39, 0.29) is 5.82 Å². The first kappa shape index (κ1) is 7.50. The summed E-state index contributed by atoms with van der Waals surface area (Å²) in [5.74, 6) is 0.427. The second-order valence-electron chi connectivity index (χ2n) is 2.40. The van der Waals surface area contributed by atoms with Crippen LogP contribution < -0.4 is 0 Å². The lowest BCUT2D eigenvalue weighted by atomic mass is 10.2. The highest BCUT2D eigenvalue weighted by Gasteiger charge is 2.06. The van der Waals surface area contributed by atoms with Gasteiger partial charge in [-0.05, 0) is 17.3 Å². The predicted molar refractivity (Wildman–Crippen MR) is 44.4 cm³/mol. The Kier molecular flexibility index (Phi) is 1.77. The smallest absolute Gasteiger partial charge is 0.273 e. The molecule has 0 saturated heterocycles. The topological polar surface area (TPSA) is 62.7 Å². The summed E-state index contributed by atoms with van der Waals surface area (Å²) in [6, 6.07) is 11.1. The van der Waals surface area contributed by atoms with Gasteiger partial charge in [0.15, 0.2) is 0 Å². The van der Waals surface area contributed by atoms with E-state index in [4.69, 9.17) is 9.78 Å². The van der Waals surface area contributed by atoms with Crippen LogP contribution in [0, 0.1) is 11.3 Å². The first-order valence-electron chi connectivity index (χ1n) is 3.69. The monoisotopic (exact) mass is 171 g/mol. The van der Waals surface area contributed by atoms with E-state index in [0.29, 0.717) is 5.89 Å². The highest BCUT2D eigenvalue weighted by molar-refractivity contribution is 5.52. The molecule has 1 heterocycles. The number of nitriles is 1. The minimum Gasteiger partial charge on any atom is -0.333 e. The zero-order chi connectivity index (χ0) is 9.10. The molecule has 1 aromatic heterocycles. The Morgan fingerprint density at radius 3 is 2.62 bits per heavy atom. The van der Waals surface area contributed by atoms with Crippen LogP contribution in [-0.2, 0) is 0 Å². The van der Waals surface area contributed by atoms with Crippen molar-refractivity contribution in [1.29, 1.82) is 5.26 Å². The molecule has 0 aliphatic carbocycles. The van der Waals surface area contributed by atoms with E-state index in [9.17, 15) is 0 Å². The number of benzene rings is 1. The molecular weight excluding hydrogens is 166 g/mol. The van der Waals surface area contributed by atoms with Crippen molar-refractivity contribution in [2.24, 2.45) is 0 Å². The van der Waals surface area contributed by atoms with Gasteiger partial charge in [-0.15, -0.1) is 0 Å². The van der Waals surface area contributed by atoms with Gasteiger partial charge in [0.25, 0.3) is 11.7 Å². The third-order valence-corrected chi connectivity index (χ3v) is 1.55. The molecule has 0 amide bonds. The van der Waals surface area contributed by atoms with Crippen molar-refractivity contribution in [1.82, 2.24) is 10.1 Å². The standard InChI is InChI=1S/C9H5N3O/c10-6-8-11-9(13-12-8)7-4-2-1-3-5-7/h1-5H. The molecule has 4 heteroatoms. The molecule has 0 atom stereocenters. The summed E-state index contributed by atoms with van der Waals surface area (Å²) in [4.78, 5) is 3.86. The summed E-state index contributed by atoms with van der Waals surface area (Å²) in [7, 11) is 0. The number of hydrogen-bond acceptors (Lipinski definition) is 4. The van der Waals surface area contributed by atoms with Crippen molar-refractivity contribution in [3.8, 4) is 17.5 Å². The average molecular weight is 171 g/mol. The molecule has 0 bridgehead atoms. The van der Waals surface area contributed by atoms with Crippen LogP contribution in [0.1, 0.15) is 5.82 Å². The summed E-state index contributed by atoms with van der Waals surface area (Å²) < 4.78 is 4.86. The van der Waals surface area contributed by atoms with Gasteiger partial charge in [0.2, 0.25) is 0 Å². The zero-order valence-electron chi connectivity index (χ0n) is 6.64. The lowest BCUT2D eigenvalue weighted by Gasteiger charge is -1.89. The van der Waals surface area contributed by atoms with Crippen LogP contribution in [0.5, 0.6) is 0 Å². The van der Waals surface area contributed by atoms with Crippen molar-refractivity contribution in [3.63, 3.8) is 0 Å². The number of nitrogens with zero attached hydrogens (tertiary/aromatic N) is 3. The minimum atomic E-state index is 0.0545. The van der Waals surface area contributed by atoms with E-state index in [1.165, 1.54) is 0 Å². The maximum absolute atomic E-state index is 8.46. The maximum Gasteiger partial charge on any atom is 0.273 e. The third-order valence-electron chi connectivity index (χ3n) is 1.55. The average Bonchev–Trinajstić information content (AvgIpc) is 2.67. The minimum absolute atomic E-state index is 0.0545. The Balaban J connectivity index is 2.43. The van der Waals surface area contributed by atoms with E-state index >= 15 is 0 Å². The molecule has 0 N–H and O–H groups in total. The first-order chi connectivity index (χ1) is 6.40. The van der Waals surface area contributed by atoms with Crippen LogP contribution >= 0.6 is 0 Å². The highest BCUT2D eigenvalue weighted by atomic mass is 16.5. The van der Waals surface area contributed by atoms with E-state index in [1.807, 2.05) is 30.3 Å². The summed E-state index contributed by atoms with van der Waals surface area (Å²) in [6.45, 7) is 0. The van der Waals surface area contributed by atoms with Crippen molar-refractivity contribution in [2.75, 3.05) is 0 Å². The fourth-order valence-electron chi connectivity index (χ4n) is 0.967. The van der Waals surface area contributed by atoms with Gasteiger partial charge < -0.3 is 4.52 Å². The second-order valence-corrected chi connectivity index (χ2v) is 2.40. The van der Waals surface area contributed by atoms with Gasteiger partial charge in [-0.2, -0.15) is 10.2 Å². The van der Waals surface area contributed by atoms with Crippen molar-refractivity contribution in [2.45, 2.75) is 0 Å². The van der Waals surface area contributed by atoms with Gasteiger partial charge >= 0.3 is 0 Å². The van der Waals surface area contributed by atoms with Gasteiger partial charge in [-0.1, -0.05) is 18.2 Å². The second kappa shape index (κ2) is 3.07. The molecule has 13 heavy (non-hydrogen) atoms. The molecule has 0 unspecified atom stereocenters. The van der Waals surface area contributed by atoms with E-state index in [1.54, 1.807) is 6.07 Å². The Morgan fingerprint density at radius 2 is 2.00 bits per heavy atom. The van der Waals surface area contributed by atoms with Crippen LogP contribution in [0.4, 0.5) is 0 Å². The van der Waals surface area contributed by atoms with Gasteiger partial charge in [0.1, 0.15) is 6.07 Å². The summed E-state index contributed by atoms with van der Waals surface area (Å²) in [6.07, 6.45) is 0. The highest BCUT2D eigenvalue weighted by Crippen LogP contribution is 2.15. The molecule has 1 aromatic carbocycles. The fraction of sp³-hybridized carbons (Fsp3) is 0. The van der Waals surface area contributed by atoms with Crippen LogP contribution in [0.25, 0.3) is 11.5 Å². The Bertz CT molecular complexity index is 441. The van der Waals surface area contributed by atoms with Crippen LogP contribution in [0.3, 0.4) is 0 Å². The Morgan fingerprint density at radius 1 is 1.23 bits per heavy atom. The van der Waals surface area contributed by atoms with Gasteiger partial charge in [-0.3, -0.25) is 0 Å². The molecular formula is C9H5N3O. The van der Waals surface area contributed by atoms with E-state index < -0.39 is 0 Å². The molecule has 2 rings (SSSR count). The third kappa shape index (κ3) is 1.40. The normalized spacial score (nSPS) is 9.46. The zero-order valence-corrected chi connectivity index (χ0v) is 6.64. The summed E-state index contributed by atoms with van der Waals surface area (Å²) in [5, 5.41) is 11.9. The van der Waals surface area contributed by atoms with Crippen molar-refractivity contribution < 1.29 is 4.52 Å². The Hall–Kier alpha value is -2.15. The van der Waals surface area contributed by atoms with Crippen molar-refractivity contribution in [3.05, 3.63) is 36.2 Å². The fourth-order valence-corrected chi connectivity index (χ4v) is 0.967. The van der Waals surface area contributed by atoms with E-state index in [2.05, 4.69) is 10.1 Å². The lowest BCUT2D eigenvalue weighted by molar-refractivity contribution is 0.428. The molecule has 4 nitrogen and oxygen atoms in total. The van der Waals surface area contributed by atoms with Crippen LogP contribution in [0.15, 0.2) is 34.9 Å². The molecule has 0 aliphatic heterocycles.